The van der Waals surface area contributed by atoms with E-state index in [1.165, 1.54) is 12.1 Å². The fraction of sp³-hybridized carbons (Fsp3) is 0.219. The van der Waals surface area contributed by atoms with Crippen molar-refractivity contribution in [2.75, 3.05) is 26.0 Å². The number of halogens is 3. The molecular formula is C32H29F3N6O. The Bertz CT molecular complexity index is 1810. The second-order valence-corrected chi connectivity index (χ2v) is 10.3. The summed E-state index contributed by atoms with van der Waals surface area (Å²) in [6.07, 6.45) is 2.67. The summed E-state index contributed by atoms with van der Waals surface area (Å²) < 4.78 is 43.0. The number of alkyl halides is 3. The number of anilines is 2. The fourth-order valence-electron chi connectivity index (χ4n) is 4.42. The molecule has 214 valence electrons. The highest BCUT2D eigenvalue weighted by atomic mass is 19.4. The first-order valence-corrected chi connectivity index (χ1v) is 13.3. The van der Waals surface area contributed by atoms with Crippen molar-refractivity contribution in [1.82, 2.24) is 24.1 Å². The van der Waals surface area contributed by atoms with Crippen molar-refractivity contribution in [2.24, 2.45) is 0 Å². The number of imidazole rings is 1. The van der Waals surface area contributed by atoms with Crippen LogP contribution in [0.2, 0.25) is 0 Å². The smallest absolute Gasteiger partial charge is 0.350 e. The van der Waals surface area contributed by atoms with E-state index in [2.05, 4.69) is 32.1 Å². The summed E-state index contributed by atoms with van der Waals surface area (Å²) >= 11 is 0. The molecule has 0 aliphatic heterocycles. The van der Waals surface area contributed by atoms with E-state index in [9.17, 15) is 18.0 Å². The summed E-state index contributed by atoms with van der Waals surface area (Å²) in [5.74, 6) is 6.01. The lowest BCUT2D eigenvalue weighted by molar-refractivity contribution is -0.137. The molecule has 0 amide bonds. The minimum atomic E-state index is -4.46. The number of aromatic nitrogens is 4. The van der Waals surface area contributed by atoms with Crippen molar-refractivity contribution in [2.45, 2.75) is 26.1 Å². The number of fused-ring (bicyclic) bond motifs is 1. The molecular weight excluding hydrogens is 541 g/mol. The molecule has 7 nitrogen and oxygen atoms in total. The number of nitrogens with one attached hydrogen (secondary N) is 1. The molecule has 0 radical (unpaired) electrons. The third-order valence-electron chi connectivity index (χ3n) is 6.73. The molecule has 42 heavy (non-hydrogen) atoms. The van der Waals surface area contributed by atoms with Crippen LogP contribution in [0.3, 0.4) is 0 Å². The molecule has 0 aliphatic rings. The average Bonchev–Trinajstić information content (AvgIpc) is 3.58. The zero-order valence-corrected chi connectivity index (χ0v) is 23.4. The number of ketones is 1. The van der Waals surface area contributed by atoms with Gasteiger partial charge in [-0.05, 0) is 62.3 Å². The fourth-order valence-corrected chi connectivity index (χ4v) is 4.42. The molecule has 0 atom stereocenters. The van der Waals surface area contributed by atoms with Gasteiger partial charge in [-0.25, -0.2) is 4.98 Å². The van der Waals surface area contributed by atoms with Gasteiger partial charge in [0, 0.05) is 36.5 Å². The van der Waals surface area contributed by atoms with Gasteiger partial charge in [0.05, 0.1) is 35.9 Å². The Labute approximate surface area is 241 Å². The molecule has 1 N–H and O–H groups in total. The van der Waals surface area contributed by atoms with E-state index >= 15 is 0 Å². The van der Waals surface area contributed by atoms with E-state index in [-0.39, 0.29) is 12.2 Å². The Morgan fingerprint density at radius 3 is 2.67 bits per heavy atom. The van der Waals surface area contributed by atoms with Crippen LogP contribution in [0.15, 0.2) is 79.4 Å². The molecule has 2 aromatic carbocycles. The van der Waals surface area contributed by atoms with Crippen LogP contribution in [0.5, 0.6) is 0 Å². The Morgan fingerprint density at radius 1 is 1.05 bits per heavy atom. The molecule has 0 saturated carbocycles. The van der Waals surface area contributed by atoms with Gasteiger partial charge in [0.25, 0.3) is 0 Å². The van der Waals surface area contributed by atoms with Crippen molar-refractivity contribution in [1.29, 1.82) is 0 Å². The minimum absolute atomic E-state index is 0.141. The Balaban J connectivity index is 1.34. The van der Waals surface area contributed by atoms with Gasteiger partial charge >= 0.3 is 6.18 Å². The van der Waals surface area contributed by atoms with Crippen LogP contribution in [-0.2, 0) is 19.1 Å². The monoisotopic (exact) mass is 570 g/mol. The van der Waals surface area contributed by atoms with E-state index in [1.807, 2.05) is 54.6 Å². The number of pyridine rings is 1. The third kappa shape index (κ3) is 6.70. The predicted molar refractivity (Wildman–Crippen MR) is 156 cm³/mol. The van der Waals surface area contributed by atoms with Gasteiger partial charge in [-0.15, -0.1) is 0 Å². The minimum Gasteiger partial charge on any atom is -0.350 e. The number of aryl methyl sites for hydroxylation is 1. The summed E-state index contributed by atoms with van der Waals surface area (Å²) in [7, 11) is 4.04. The Hall–Kier alpha value is -4.88. The number of hydrogen-bond donors (Lipinski definition) is 1. The molecule has 0 unspecified atom stereocenters. The van der Waals surface area contributed by atoms with Crippen molar-refractivity contribution in [3.05, 3.63) is 113 Å². The highest BCUT2D eigenvalue weighted by Gasteiger charge is 2.30. The lowest BCUT2D eigenvalue weighted by atomic mass is 9.98. The third-order valence-corrected chi connectivity index (χ3v) is 6.73. The molecule has 0 fully saturated rings. The number of carbonyl (C=O) groups is 1. The van der Waals surface area contributed by atoms with Crippen molar-refractivity contribution in [3.63, 3.8) is 0 Å². The average molecular weight is 571 g/mol. The summed E-state index contributed by atoms with van der Waals surface area (Å²) in [6, 6.07) is 13.8. The van der Waals surface area contributed by atoms with Crippen molar-refractivity contribution < 1.29 is 18.0 Å². The van der Waals surface area contributed by atoms with E-state index in [4.69, 9.17) is 0 Å². The molecule has 0 saturated heterocycles. The number of rotatable bonds is 8. The number of carbonyl (C=O) groups excluding carboxylic acids is 1. The maximum Gasteiger partial charge on any atom is 0.416 e. The van der Waals surface area contributed by atoms with Crippen molar-refractivity contribution in [3.8, 4) is 11.8 Å². The standard InChI is InChI=1S/C32H29F3N6O/c1-22-9-10-25(30(42)17-23-6-4-7-26(16-23)32(33,34)35)18-24(22)11-12-28-20-36-31-29(8-5-13-41(28)31)38-27-19-37-40(21-27)15-14-39(2)3/h4-10,13,16,18-21,38H,14-15,17H2,1-3H3. The zero-order chi connectivity index (χ0) is 29.9. The Kier molecular flexibility index (Phi) is 8.13. The molecule has 0 bridgehead atoms. The van der Waals surface area contributed by atoms with Crippen LogP contribution in [0.4, 0.5) is 24.5 Å². The predicted octanol–water partition coefficient (Wildman–Crippen LogP) is 5.99. The number of Topliss-reactive ketones (excluding diaryl/α,β-unsaturated/α-hetero) is 1. The Morgan fingerprint density at radius 2 is 1.88 bits per heavy atom. The van der Waals surface area contributed by atoms with Gasteiger partial charge in [0.1, 0.15) is 5.69 Å². The highest BCUT2D eigenvalue weighted by molar-refractivity contribution is 5.98. The summed E-state index contributed by atoms with van der Waals surface area (Å²) in [5, 5.41) is 7.78. The van der Waals surface area contributed by atoms with Crippen LogP contribution in [-0.4, -0.2) is 50.5 Å². The molecule has 10 heteroatoms. The lowest BCUT2D eigenvalue weighted by Crippen LogP contribution is -2.18. The van der Waals surface area contributed by atoms with Crippen LogP contribution >= 0.6 is 0 Å². The van der Waals surface area contributed by atoms with Gasteiger partial charge in [-0.3, -0.25) is 13.9 Å². The summed E-state index contributed by atoms with van der Waals surface area (Å²) in [5.41, 5.74) is 4.46. The summed E-state index contributed by atoms with van der Waals surface area (Å²) in [4.78, 5) is 19.6. The normalized spacial score (nSPS) is 11.5. The molecule has 5 aromatic rings. The van der Waals surface area contributed by atoms with Gasteiger partial charge in [-0.2, -0.15) is 18.3 Å². The maximum atomic E-state index is 13.1. The van der Waals surface area contributed by atoms with E-state index < -0.39 is 11.7 Å². The van der Waals surface area contributed by atoms with Gasteiger partial charge in [0.15, 0.2) is 11.4 Å². The zero-order valence-electron chi connectivity index (χ0n) is 23.4. The number of likely N-dealkylation sites (N-methyl/N-ethyl adjacent to an activating group) is 1. The topological polar surface area (TPSA) is 67.5 Å². The van der Waals surface area contributed by atoms with Gasteiger partial charge < -0.3 is 10.2 Å². The van der Waals surface area contributed by atoms with E-state index in [0.717, 1.165) is 42.2 Å². The number of nitrogens with zero attached hydrogens (tertiary/aromatic N) is 5. The van der Waals surface area contributed by atoms with Crippen LogP contribution in [0.1, 0.15) is 38.3 Å². The largest absolute Gasteiger partial charge is 0.416 e. The van der Waals surface area contributed by atoms with Crippen LogP contribution < -0.4 is 5.32 Å². The maximum absolute atomic E-state index is 13.1. The van der Waals surface area contributed by atoms with Crippen LogP contribution in [0.25, 0.3) is 5.65 Å². The lowest BCUT2D eigenvalue weighted by Gasteiger charge is -2.09. The molecule has 0 spiro atoms. The van der Waals surface area contributed by atoms with E-state index in [0.29, 0.717) is 28.0 Å². The highest BCUT2D eigenvalue weighted by Crippen LogP contribution is 2.30. The second-order valence-electron chi connectivity index (χ2n) is 10.3. The molecule has 0 aliphatic carbocycles. The van der Waals surface area contributed by atoms with Crippen molar-refractivity contribution >= 4 is 22.8 Å². The second kappa shape index (κ2) is 11.9. The van der Waals surface area contributed by atoms with Gasteiger partial charge in [0.2, 0.25) is 0 Å². The van der Waals surface area contributed by atoms with Crippen LogP contribution in [0, 0.1) is 18.8 Å². The molecule has 3 aromatic heterocycles. The number of hydrogen-bond acceptors (Lipinski definition) is 5. The first-order chi connectivity index (χ1) is 20.1. The van der Waals surface area contributed by atoms with E-state index in [1.54, 1.807) is 30.6 Å². The number of benzene rings is 2. The van der Waals surface area contributed by atoms with Gasteiger partial charge in [-0.1, -0.05) is 36.3 Å². The quantitative estimate of drug-likeness (QED) is 0.183. The molecule has 5 rings (SSSR count). The summed E-state index contributed by atoms with van der Waals surface area (Å²) in [6.45, 7) is 3.55. The SMILES string of the molecule is Cc1ccc(C(=O)Cc2cccc(C(F)(F)F)c2)cc1C#Cc1cnc2c(Nc3cnn(CCN(C)C)c3)cccn12. The first kappa shape index (κ1) is 28.6. The molecule has 3 heterocycles. The first-order valence-electron chi connectivity index (χ1n) is 13.3.